The van der Waals surface area contributed by atoms with E-state index in [-0.39, 0.29) is 0 Å². The number of hydrogen-bond acceptors (Lipinski definition) is 5. The molecule has 0 N–H and O–H groups in total. The largest absolute Gasteiger partial charge is 0.381 e. The van der Waals surface area contributed by atoms with E-state index >= 15 is 0 Å². The Morgan fingerprint density at radius 1 is 1.14 bits per heavy atom. The molecular weight excluding hydrogens is 296 g/mol. The normalized spacial score (nSPS) is 22.5. The molecule has 2 aromatic heterocycles. The maximum atomic E-state index is 5.95. The highest BCUT2D eigenvalue weighted by molar-refractivity contribution is 7.09. The molecule has 0 aromatic carbocycles. The van der Waals surface area contributed by atoms with Gasteiger partial charge in [-0.25, -0.2) is 9.97 Å². The molecule has 5 nitrogen and oxygen atoms in total. The summed E-state index contributed by atoms with van der Waals surface area (Å²) < 4.78 is 8.24. The number of imidazole rings is 1. The van der Waals surface area contributed by atoms with Gasteiger partial charge in [0, 0.05) is 49.6 Å². The van der Waals surface area contributed by atoms with E-state index in [4.69, 9.17) is 4.74 Å². The zero-order valence-corrected chi connectivity index (χ0v) is 13.5. The van der Waals surface area contributed by atoms with Crippen molar-refractivity contribution in [3.8, 4) is 0 Å². The van der Waals surface area contributed by atoms with Crippen molar-refractivity contribution in [2.75, 3.05) is 19.8 Å². The Morgan fingerprint density at radius 3 is 2.86 bits per heavy atom. The maximum absolute atomic E-state index is 5.95. The number of fused-ring (bicyclic) bond motifs is 1. The number of hydrogen-bond donors (Lipinski definition) is 0. The molecule has 0 amide bonds. The molecular formula is C16H22N4OS. The molecule has 118 valence electrons. The van der Waals surface area contributed by atoms with Crippen LogP contribution in [0, 0.1) is 11.8 Å². The van der Waals surface area contributed by atoms with E-state index in [1.165, 1.54) is 17.8 Å². The summed E-state index contributed by atoms with van der Waals surface area (Å²) >= 11 is 1.73. The lowest BCUT2D eigenvalue weighted by Gasteiger charge is -2.22. The summed E-state index contributed by atoms with van der Waals surface area (Å²) in [4.78, 5) is 11.4. The molecule has 0 spiro atoms. The zero-order valence-electron chi connectivity index (χ0n) is 12.7. The lowest BCUT2D eigenvalue weighted by atomic mass is 10.1. The summed E-state index contributed by atoms with van der Waals surface area (Å²) in [6, 6.07) is 0. The fraction of sp³-hybridized carbons (Fsp3) is 0.625. The molecule has 22 heavy (non-hydrogen) atoms. The van der Waals surface area contributed by atoms with Gasteiger partial charge in [0.05, 0.1) is 19.7 Å². The first-order valence-electron chi connectivity index (χ1n) is 8.05. The van der Waals surface area contributed by atoms with E-state index in [0.717, 1.165) is 51.1 Å². The smallest absolute Gasteiger partial charge is 0.122 e. The van der Waals surface area contributed by atoms with Crippen LogP contribution in [0.25, 0.3) is 0 Å². The standard InChI is InChI=1S/C16H22N4OS/c1-2-13(1)11-21-12-14-7-19(10-16-18-4-6-22-16)9-15-17-3-5-20(15)8-14/h3-6,13-14H,1-2,7-12H2. The van der Waals surface area contributed by atoms with Gasteiger partial charge in [-0.3, -0.25) is 4.90 Å². The number of nitrogens with zero attached hydrogens (tertiary/aromatic N) is 4. The van der Waals surface area contributed by atoms with Gasteiger partial charge in [0.2, 0.25) is 0 Å². The Balaban J connectivity index is 1.42. The second-order valence-corrected chi connectivity index (χ2v) is 7.42. The fourth-order valence-electron chi connectivity index (χ4n) is 3.06. The van der Waals surface area contributed by atoms with E-state index in [0.29, 0.717) is 5.92 Å². The Morgan fingerprint density at radius 2 is 2.05 bits per heavy atom. The molecule has 4 rings (SSSR count). The highest BCUT2D eigenvalue weighted by Crippen LogP contribution is 2.29. The molecule has 6 heteroatoms. The average molecular weight is 318 g/mol. The minimum atomic E-state index is 0.522. The summed E-state index contributed by atoms with van der Waals surface area (Å²) in [6.07, 6.45) is 8.59. The zero-order chi connectivity index (χ0) is 14.8. The summed E-state index contributed by atoms with van der Waals surface area (Å²) in [6.45, 7) is 5.65. The van der Waals surface area contributed by atoms with Crippen molar-refractivity contribution in [2.45, 2.75) is 32.5 Å². The predicted octanol–water partition coefficient (Wildman–Crippen LogP) is 2.40. The molecule has 1 saturated carbocycles. The van der Waals surface area contributed by atoms with Gasteiger partial charge in [0.1, 0.15) is 10.8 Å². The van der Waals surface area contributed by atoms with Crippen molar-refractivity contribution in [3.63, 3.8) is 0 Å². The molecule has 0 radical (unpaired) electrons. The lowest BCUT2D eigenvalue weighted by molar-refractivity contribution is 0.0705. The van der Waals surface area contributed by atoms with E-state index in [9.17, 15) is 0 Å². The summed E-state index contributed by atoms with van der Waals surface area (Å²) in [5.74, 6) is 2.51. The van der Waals surface area contributed by atoms with Crippen molar-refractivity contribution in [3.05, 3.63) is 34.8 Å². The van der Waals surface area contributed by atoms with Crippen molar-refractivity contribution in [2.24, 2.45) is 11.8 Å². The van der Waals surface area contributed by atoms with Crippen LogP contribution in [0.5, 0.6) is 0 Å². The minimum absolute atomic E-state index is 0.522. The van der Waals surface area contributed by atoms with Gasteiger partial charge in [-0.2, -0.15) is 0 Å². The van der Waals surface area contributed by atoms with Gasteiger partial charge in [-0.15, -0.1) is 11.3 Å². The minimum Gasteiger partial charge on any atom is -0.381 e. The quantitative estimate of drug-likeness (QED) is 0.820. The van der Waals surface area contributed by atoms with Crippen LogP contribution in [-0.4, -0.2) is 39.2 Å². The van der Waals surface area contributed by atoms with Crippen LogP contribution in [-0.2, 0) is 24.4 Å². The predicted molar refractivity (Wildman–Crippen MR) is 85.5 cm³/mol. The van der Waals surface area contributed by atoms with Crippen LogP contribution in [0.1, 0.15) is 23.7 Å². The van der Waals surface area contributed by atoms with Crippen LogP contribution in [0.3, 0.4) is 0 Å². The number of ether oxygens (including phenoxy) is 1. The monoisotopic (exact) mass is 318 g/mol. The molecule has 2 aromatic rings. The Kier molecular flexibility index (Phi) is 4.23. The highest BCUT2D eigenvalue weighted by atomic mass is 32.1. The van der Waals surface area contributed by atoms with Gasteiger partial charge in [0.25, 0.3) is 0 Å². The maximum Gasteiger partial charge on any atom is 0.122 e. The third-order valence-electron chi connectivity index (χ3n) is 4.38. The fourth-order valence-corrected chi connectivity index (χ4v) is 3.72. The van der Waals surface area contributed by atoms with Gasteiger partial charge in [-0.05, 0) is 18.8 Å². The van der Waals surface area contributed by atoms with Crippen molar-refractivity contribution in [1.82, 2.24) is 19.4 Å². The first-order valence-corrected chi connectivity index (χ1v) is 8.93. The highest BCUT2D eigenvalue weighted by Gasteiger charge is 2.25. The van der Waals surface area contributed by atoms with E-state index in [2.05, 4.69) is 25.6 Å². The van der Waals surface area contributed by atoms with Crippen molar-refractivity contribution in [1.29, 1.82) is 0 Å². The Bertz CT molecular complexity index is 593. The van der Waals surface area contributed by atoms with Crippen LogP contribution in [0.15, 0.2) is 24.0 Å². The summed E-state index contributed by atoms with van der Waals surface area (Å²) in [7, 11) is 0. The second-order valence-electron chi connectivity index (χ2n) is 6.44. The van der Waals surface area contributed by atoms with E-state index < -0.39 is 0 Å². The van der Waals surface area contributed by atoms with Crippen molar-refractivity contribution < 1.29 is 4.74 Å². The number of thiazole rings is 1. The molecule has 3 heterocycles. The average Bonchev–Trinajstić information content (AvgIpc) is 3.06. The number of aromatic nitrogens is 3. The van der Waals surface area contributed by atoms with Crippen molar-refractivity contribution >= 4 is 11.3 Å². The van der Waals surface area contributed by atoms with Crippen LogP contribution in [0.4, 0.5) is 0 Å². The molecule has 0 saturated heterocycles. The molecule has 0 bridgehead atoms. The van der Waals surface area contributed by atoms with Crippen LogP contribution >= 0.6 is 11.3 Å². The Hall–Kier alpha value is -1.24. The first-order chi connectivity index (χ1) is 10.9. The third kappa shape index (κ3) is 3.56. The Labute approximate surface area is 134 Å². The topological polar surface area (TPSA) is 43.2 Å². The van der Waals surface area contributed by atoms with E-state index in [1.54, 1.807) is 11.3 Å². The van der Waals surface area contributed by atoms with Gasteiger partial charge < -0.3 is 9.30 Å². The molecule has 1 aliphatic carbocycles. The summed E-state index contributed by atoms with van der Waals surface area (Å²) in [5.41, 5.74) is 0. The van der Waals surface area contributed by atoms with E-state index in [1.807, 2.05) is 17.8 Å². The molecule has 1 atom stereocenters. The summed E-state index contributed by atoms with van der Waals surface area (Å²) in [5, 5.41) is 3.22. The molecule has 1 aliphatic heterocycles. The molecule has 1 fully saturated rings. The SMILES string of the molecule is c1csc(CN2Cc3nccn3CC(COCC3CC3)C2)n1. The van der Waals surface area contributed by atoms with Gasteiger partial charge in [0.15, 0.2) is 0 Å². The first kappa shape index (κ1) is 14.4. The second kappa shape index (κ2) is 6.48. The van der Waals surface area contributed by atoms with Gasteiger partial charge >= 0.3 is 0 Å². The lowest BCUT2D eigenvalue weighted by Crippen LogP contribution is -2.30. The van der Waals surface area contributed by atoms with Crippen LogP contribution in [0.2, 0.25) is 0 Å². The molecule has 2 aliphatic rings. The third-order valence-corrected chi connectivity index (χ3v) is 5.15. The van der Waals surface area contributed by atoms with Crippen LogP contribution < -0.4 is 0 Å². The molecule has 1 unspecified atom stereocenters. The number of rotatable bonds is 6. The van der Waals surface area contributed by atoms with Gasteiger partial charge in [-0.1, -0.05) is 0 Å².